The highest BCUT2D eigenvalue weighted by Crippen LogP contribution is 2.43. The standard InChI is InChI=1S/C34H37F4N7O4/c1-19(2)48-24-13-22(12-23(35)15-24)21-4-5-25(27(14-21)45-9-6-20(3)43-45)30(34(36,37)38)49-29-16-28(41-32(39)42-29)44-10-7-33(8-11-44)17-26(31(46)47)40-18-33/h4-6,9,12-16,19,26,30,40H,7-8,10-11,17-18H2,1-3H3,(H,46,47)(H2,39,41,42)/t26-,30?/m0/s1. The van der Waals surface area contributed by atoms with E-state index in [2.05, 4.69) is 20.4 Å². The number of anilines is 2. The molecule has 0 amide bonds. The van der Waals surface area contributed by atoms with Crippen molar-refractivity contribution in [1.29, 1.82) is 0 Å². The number of nitrogens with one attached hydrogen (secondary N) is 1. The van der Waals surface area contributed by atoms with E-state index in [1.807, 2.05) is 4.90 Å². The van der Waals surface area contributed by atoms with Crippen LogP contribution in [-0.2, 0) is 4.79 Å². The molecular formula is C34H37F4N7O4. The number of ether oxygens (including phenoxy) is 2. The number of benzene rings is 2. The molecule has 4 aromatic rings. The number of carboxylic acids is 1. The van der Waals surface area contributed by atoms with E-state index in [1.54, 1.807) is 32.9 Å². The molecule has 4 heterocycles. The number of halogens is 4. The third kappa shape index (κ3) is 7.56. The van der Waals surface area contributed by atoms with Crippen molar-refractivity contribution in [3.63, 3.8) is 0 Å². The third-order valence-electron chi connectivity index (χ3n) is 8.91. The normalized spacial score (nSPS) is 18.2. The Morgan fingerprint density at radius 3 is 2.45 bits per heavy atom. The number of nitrogen functional groups attached to an aromatic ring is 1. The number of rotatable bonds is 9. The molecule has 1 unspecified atom stereocenters. The first-order valence-electron chi connectivity index (χ1n) is 15.9. The van der Waals surface area contributed by atoms with Gasteiger partial charge in [-0.15, -0.1) is 0 Å². The number of aromatic nitrogens is 4. The molecule has 0 saturated carbocycles. The van der Waals surface area contributed by atoms with Crippen LogP contribution in [0.3, 0.4) is 0 Å². The summed E-state index contributed by atoms with van der Waals surface area (Å²) < 4.78 is 71.9. The van der Waals surface area contributed by atoms with Gasteiger partial charge in [-0.3, -0.25) is 4.79 Å². The van der Waals surface area contributed by atoms with Gasteiger partial charge >= 0.3 is 12.1 Å². The lowest BCUT2D eigenvalue weighted by Crippen LogP contribution is -2.41. The SMILES string of the molecule is Cc1ccn(-c2cc(-c3cc(F)cc(OC(C)C)c3)ccc2C(Oc2cc(N3CCC4(CC3)CN[C@H](C(=O)O)C4)nc(N)n2)C(F)(F)F)n1. The smallest absolute Gasteiger partial charge is 0.429 e. The molecule has 2 saturated heterocycles. The van der Waals surface area contributed by atoms with Gasteiger partial charge in [0.05, 0.1) is 17.5 Å². The zero-order chi connectivity index (χ0) is 35.1. The van der Waals surface area contributed by atoms with Crippen molar-refractivity contribution in [2.75, 3.05) is 30.3 Å². The van der Waals surface area contributed by atoms with Crippen molar-refractivity contribution < 1.29 is 36.9 Å². The van der Waals surface area contributed by atoms with E-state index in [-0.39, 0.29) is 40.3 Å². The van der Waals surface area contributed by atoms with E-state index in [9.17, 15) is 27.5 Å². The van der Waals surface area contributed by atoms with Crippen LogP contribution >= 0.6 is 0 Å². The molecular weight excluding hydrogens is 646 g/mol. The Morgan fingerprint density at radius 2 is 1.82 bits per heavy atom. The van der Waals surface area contributed by atoms with Crippen molar-refractivity contribution in [3.8, 4) is 28.4 Å². The van der Waals surface area contributed by atoms with Crippen LogP contribution < -0.4 is 25.4 Å². The third-order valence-corrected chi connectivity index (χ3v) is 8.91. The maximum absolute atomic E-state index is 14.9. The average molecular weight is 684 g/mol. The van der Waals surface area contributed by atoms with Crippen molar-refractivity contribution in [3.05, 3.63) is 71.8 Å². The Labute approximate surface area is 280 Å². The number of piperidine rings is 1. The molecule has 0 radical (unpaired) electrons. The molecule has 260 valence electrons. The Bertz CT molecular complexity index is 1840. The number of nitrogens with two attached hydrogens (primary N) is 1. The molecule has 2 fully saturated rings. The molecule has 2 aliphatic rings. The number of carboxylic acid groups (broad SMARTS) is 1. The van der Waals surface area contributed by atoms with Crippen LogP contribution in [0.1, 0.15) is 50.5 Å². The molecule has 15 heteroatoms. The Morgan fingerprint density at radius 1 is 1.06 bits per heavy atom. The Hall–Kier alpha value is -4.92. The molecule has 1 spiro atoms. The number of hydrogen-bond acceptors (Lipinski definition) is 9. The molecule has 2 aliphatic heterocycles. The Balaban J connectivity index is 1.32. The van der Waals surface area contributed by atoms with E-state index in [0.717, 1.165) is 0 Å². The van der Waals surface area contributed by atoms with Crippen LogP contribution in [0.25, 0.3) is 16.8 Å². The summed E-state index contributed by atoms with van der Waals surface area (Å²) in [5.74, 6) is -1.48. The first-order chi connectivity index (χ1) is 23.2. The number of hydrogen-bond donors (Lipinski definition) is 3. The van der Waals surface area contributed by atoms with Gasteiger partial charge in [0.1, 0.15) is 23.4 Å². The lowest BCUT2D eigenvalue weighted by atomic mass is 9.76. The molecule has 2 atom stereocenters. The van der Waals surface area contributed by atoms with Gasteiger partial charge in [-0.25, -0.2) is 9.07 Å². The lowest BCUT2D eigenvalue weighted by Gasteiger charge is -2.39. The molecule has 11 nitrogen and oxygen atoms in total. The maximum Gasteiger partial charge on any atom is 0.429 e. The van der Waals surface area contributed by atoms with E-state index in [1.165, 1.54) is 47.3 Å². The van der Waals surface area contributed by atoms with Crippen molar-refractivity contribution in [1.82, 2.24) is 25.1 Å². The molecule has 0 bridgehead atoms. The van der Waals surface area contributed by atoms with E-state index in [4.69, 9.17) is 15.2 Å². The van der Waals surface area contributed by atoms with Crippen LogP contribution in [-0.4, -0.2) is 68.8 Å². The Kier molecular flexibility index (Phi) is 9.13. The second-order valence-corrected chi connectivity index (χ2v) is 12.9. The largest absolute Gasteiger partial charge is 0.491 e. The van der Waals surface area contributed by atoms with Crippen LogP contribution in [0.5, 0.6) is 11.6 Å². The van der Waals surface area contributed by atoms with E-state index >= 15 is 0 Å². The van der Waals surface area contributed by atoms with Gasteiger partial charge in [0, 0.05) is 43.5 Å². The minimum atomic E-state index is -4.90. The quantitative estimate of drug-likeness (QED) is 0.184. The summed E-state index contributed by atoms with van der Waals surface area (Å²) in [7, 11) is 0. The van der Waals surface area contributed by atoms with Crippen molar-refractivity contribution >= 4 is 17.7 Å². The summed E-state index contributed by atoms with van der Waals surface area (Å²) in [5, 5.41) is 16.8. The van der Waals surface area contributed by atoms with Gasteiger partial charge in [-0.05, 0) is 80.8 Å². The molecule has 49 heavy (non-hydrogen) atoms. The van der Waals surface area contributed by atoms with Crippen LogP contribution in [0.15, 0.2) is 54.7 Å². The lowest BCUT2D eigenvalue weighted by molar-refractivity contribution is -0.198. The van der Waals surface area contributed by atoms with Gasteiger partial charge in [0.2, 0.25) is 17.9 Å². The van der Waals surface area contributed by atoms with E-state index < -0.39 is 30.1 Å². The molecule has 0 aliphatic carbocycles. The number of nitrogens with zero attached hydrogens (tertiary/aromatic N) is 5. The average Bonchev–Trinajstić information content (AvgIpc) is 3.65. The second kappa shape index (κ2) is 13.2. The van der Waals surface area contributed by atoms with Crippen molar-refractivity contribution in [2.24, 2.45) is 5.41 Å². The van der Waals surface area contributed by atoms with Crippen molar-refractivity contribution in [2.45, 2.75) is 64.5 Å². The fourth-order valence-electron chi connectivity index (χ4n) is 6.52. The van der Waals surface area contributed by atoms with Crippen LogP contribution in [0, 0.1) is 18.2 Å². The summed E-state index contributed by atoms with van der Waals surface area (Å²) in [4.78, 5) is 21.6. The molecule has 2 aromatic carbocycles. The highest BCUT2D eigenvalue weighted by atomic mass is 19.4. The zero-order valence-electron chi connectivity index (χ0n) is 27.2. The van der Waals surface area contributed by atoms with Gasteiger partial charge < -0.3 is 30.5 Å². The summed E-state index contributed by atoms with van der Waals surface area (Å²) in [6, 6.07) is 10.8. The topological polar surface area (TPSA) is 141 Å². The molecule has 6 rings (SSSR count). The summed E-state index contributed by atoms with van der Waals surface area (Å²) >= 11 is 0. The van der Waals surface area contributed by atoms with Crippen LogP contribution in [0.2, 0.25) is 0 Å². The van der Waals surface area contributed by atoms with Crippen LogP contribution in [0.4, 0.5) is 29.3 Å². The van der Waals surface area contributed by atoms with Gasteiger partial charge in [0.25, 0.3) is 0 Å². The van der Waals surface area contributed by atoms with Gasteiger partial charge in [0.15, 0.2) is 0 Å². The molecule has 2 aromatic heterocycles. The predicted molar refractivity (Wildman–Crippen MR) is 173 cm³/mol. The second-order valence-electron chi connectivity index (χ2n) is 12.9. The number of aryl methyl sites for hydroxylation is 1. The summed E-state index contributed by atoms with van der Waals surface area (Å²) in [5.41, 5.74) is 7.02. The fraction of sp³-hybridized carbons (Fsp3) is 0.412. The first-order valence-corrected chi connectivity index (χ1v) is 15.9. The number of carbonyl (C=O) groups is 1. The highest BCUT2D eigenvalue weighted by Gasteiger charge is 2.46. The summed E-state index contributed by atoms with van der Waals surface area (Å²) in [6.07, 6.45) is -4.22. The number of aliphatic carboxylic acids is 1. The maximum atomic E-state index is 14.9. The van der Waals surface area contributed by atoms with Gasteiger partial charge in [-0.1, -0.05) is 12.1 Å². The summed E-state index contributed by atoms with van der Waals surface area (Å²) in [6.45, 7) is 6.89. The predicted octanol–water partition coefficient (Wildman–Crippen LogP) is 5.86. The van der Waals surface area contributed by atoms with Gasteiger partial charge in [-0.2, -0.15) is 28.2 Å². The highest BCUT2D eigenvalue weighted by molar-refractivity contribution is 5.74. The fourth-order valence-corrected chi connectivity index (χ4v) is 6.52. The minimum absolute atomic E-state index is 0.0666. The first kappa shape index (κ1) is 34.0. The number of alkyl halides is 3. The monoisotopic (exact) mass is 683 g/mol. The van der Waals surface area contributed by atoms with E-state index in [0.29, 0.717) is 61.5 Å². The minimum Gasteiger partial charge on any atom is -0.491 e. The zero-order valence-corrected chi connectivity index (χ0v) is 27.2. The molecule has 4 N–H and O–H groups in total.